The van der Waals surface area contributed by atoms with Crippen molar-refractivity contribution in [3.8, 4) is 0 Å². The van der Waals surface area contributed by atoms with Crippen molar-refractivity contribution < 1.29 is 0 Å². The largest absolute Gasteiger partial charge is 0.0889 e. The van der Waals surface area contributed by atoms with E-state index in [1.165, 1.54) is 23.5 Å². The van der Waals surface area contributed by atoms with E-state index < -0.39 is 0 Å². The highest BCUT2D eigenvalue weighted by Crippen LogP contribution is 2.40. The van der Waals surface area contributed by atoms with E-state index in [4.69, 9.17) is 0 Å². The van der Waals surface area contributed by atoms with Gasteiger partial charge >= 0.3 is 0 Å². The molecular weight excluding hydrogens is 172 g/mol. The maximum atomic E-state index is 2.26. The molecule has 0 N–H and O–H groups in total. The first-order valence-corrected chi connectivity index (χ1v) is 6.12. The van der Waals surface area contributed by atoms with Crippen LogP contribution in [-0.4, -0.2) is 5.75 Å². The predicted molar refractivity (Wildman–Crippen MR) is 54.6 cm³/mol. The van der Waals surface area contributed by atoms with E-state index in [0.29, 0.717) is 0 Å². The summed E-state index contributed by atoms with van der Waals surface area (Å²) < 4.78 is 0. The first-order chi connectivity index (χ1) is 5.45. The van der Waals surface area contributed by atoms with Gasteiger partial charge in [0.1, 0.15) is 0 Å². The minimum Gasteiger partial charge on any atom is -0.0889 e. The van der Waals surface area contributed by atoms with Crippen molar-refractivity contribution in [3.63, 3.8) is 0 Å². The minimum absolute atomic E-state index is 1.19. The summed E-state index contributed by atoms with van der Waals surface area (Å²) in [4.78, 5) is 1.51. The van der Waals surface area contributed by atoms with Crippen LogP contribution in [0.1, 0.15) is 12.8 Å². The van der Waals surface area contributed by atoms with Crippen LogP contribution < -0.4 is 0 Å². The smallest absolute Gasteiger partial charge is 0.00777 e. The van der Waals surface area contributed by atoms with E-state index in [2.05, 4.69) is 24.3 Å². The highest BCUT2D eigenvalue weighted by molar-refractivity contribution is 8.78. The number of fused-ring (bicyclic) bond motifs is 2. The van der Waals surface area contributed by atoms with Gasteiger partial charge in [-0.1, -0.05) is 51.5 Å². The molecule has 0 amide bonds. The third-order valence-corrected chi connectivity index (χ3v) is 4.28. The van der Waals surface area contributed by atoms with Crippen molar-refractivity contribution in [2.45, 2.75) is 12.8 Å². The topological polar surface area (TPSA) is 0 Å². The van der Waals surface area contributed by atoms with E-state index in [-0.39, 0.29) is 0 Å². The maximum Gasteiger partial charge on any atom is 0.00777 e. The maximum absolute atomic E-state index is 2.26. The van der Waals surface area contributed by atoms with Gasteiger partial charge in [-0.25, -0.2) is 0 Å². The fraction of sp³-hybridized carbons (Fsp3) is 0.333. The van der Waals surface area contributed by atoms with Crippen LogP contribution in [0.25, 0.3) is 0 Å². The normalized spacial score (nSPS) is 23.3. The molecule has 2 bridgehead atoms. The van der Waals surface area contributed by atoms with E-state index in [0.717, 1.165) is 0 Å². The molecule has 0 aromatic heterocycles. The molecule has 0 nitrogen and oxygen atoms in total. The van der Waals surface area contributed by atoms with Gasteiger partial charge in [0.05, 0.1) is 0 Å². The summed E-state index contributed by atoms with van der Waals surface area (Å²) >= 11 is 0. The minimum atomic E-state index is 1.19. The molecule has 0 aromatic rings. The molecule has 0 saturated carbocycles. The molecule has 0 aromatic carbocycles. The zero-order valence-electron chi connectivity index (χ0n) is 6.25. The SMILES string of the molecule is C1=CC=C2CC(=C1)CCSS2. The average Bonchev–Trinajstić information content (AvgIpc) is 2.36. The lowest BCUT2D eigenvalue weighted by Gasteiger charge is -1.98. The van der Waals surface area contributed by atoms with E-state index in [9.17, 15) is 0 Å². The van der Waals surface area contributed by atoms with Crippen LogP contribution in [0.5, 0.6) is 0 Å². The molecule has 2 rings (SSSR count). The molecule has 0 radical (unpaired) electrons. The van der Waals surface area contributed by atoms with Crippen LogP contribution >= 0.6 is 21.6 Å². The molecule has 1 aliphatic carbocycles. The van der Waals surface area contributed by atoms with Crippen molar-refractivity contribution in [2.75, 3.05) is 5.75 Å². The number of rotatable bonds is 0. The molecule has 2 aliphatic rings. The van der Waals surface area contributed by atoms with Crippen molar-refractivity contribution >= 4 is 21.6 Å². The lowest BCUT2D eigenvalue weighted by molar-refractivity contribution is 1.05. The van der Waals surface area contributed by atoms with Gasteiger partial charge in [0.25, 0.3) is 0 Å². The lowest BCUT2D eigenvalue weighted by atomic mass is 10.1. The van der Waals surface area contributed by atoms with Crippen LogP contribution in [-0.2, 0) is 0 Å². The Labute approximate surface area is 75.2 Å². The zero-order chi connectivity index (χ0) is 7.52. The summed E-state index contributed by atoms with van der Waals surface area (Å²) in [6.45, 7) is 0. The average molecular weight is 182 g/mol. The Kier molecular flexibility index (Phi) is 2.44. The van der Waals surface area contributed by atoms with Gasteiger partial charge in [0.15, 0.2) is 0 Å². The highest BCUT2D eigenvalue weighted by atomic mass is 33.1. The molecule has 58 valence electrons. The van der Waals surface area contributed by atoms with E-state index in [1.54, 1.807) is 5.57 Å². The summed E-state index contributed by atoms with van der Waals surface area (Å²) in [5.74, 6) is 1.27. The summed E-state index contributed by atoms with van der Waals surface area (Å²) in [5.41, 5.74) is 1.59. The fourth-order valence-electron chi connectivity index (χ4n) is 1.22. The van der Waals surface area contributed by atoms with Crippen molar-refractivity contribution in [3.05, 3.63) is 34.8 Å². The molecule has 2 heteroatoms. The van der Waals surface area contributed by atoms with E-state index in [1.807, 2.05) is 21.6 Å². The predicted octanol–water partition coefficient (Wildman–Crippen LogP) is 3.54. The van der Waals surface area contributed by atoms with Gasteiger partial charge in [0, 0.05) is 12.2 Å². The zero-order valence-corrected chi connectivity index (χ0v) is 7.88. The summed E-state index contributed by atoms with van der Waals surface area (Å²) in [6.07, 6.45) is 11.2. The Morgan fingerprint density at radius 3 is 3.09 bits per heavy atom. The number of allylic oxidation sites excluding steroid dienone is 6. The standard InChI is InChI=1S/C9H10S2/c1-2-4-9-7-8(3-1)5-6-10-11-9/h1-4H,5-7H2. The van der Waals surface area contributed by atoms with Crippen LogP contribution in [0.3, 0.4) is 0 Å². The second-order valence-electron chi connectivity index (χ2n) is 2.67. The second-order valence-corrected chi connectivity index (χ2v) is 5.22. The van der Waals surface area contributed by atoms with Gasteiger partial charge in [-0.2, -0.15) is 0 Å². The van der Waals surface area contributed by atoms with Gasteiger partial charge in [-0.05, 0) is 11.3 Å². The number of hydrogen-bond donors (Lipinski definition) is 0. The summed E-state index contributed by atoms with van der Waals surface area (Å²) in [7, 11) is 3.91. The number of hydrogen-bond acceptors (Lipinski definition) is 2. The molecule has 1 fully saturated rings. The van der Waals surface area contributed by atoms with Crippen molar-refractivity contribution in [1.82, 2.24) is 0 Å². The third kappa shape index (κ3) is 1.94. The van der Waals surface area contributed by atoms with Crippen LogP contribution in [0.2, 0.25) is 0 Å². The molecule has 1 saturated heterocycles. The van der Waals surface area contributed by atoms with Crippen molar-refractivity contribution in [2.24, 2.45) is 0 Å². The Morgan fingerprint density at radius 1 is 1.18 bits per heavy atom. The summed E-state index contributed by atoms with van der Waals surface area (Å²) in [5, 5.41) is 0. The first-order valence-electron chi connectivity index (χ1n) is 3.80. The Hall–Kier alpha value is -0.0800. The molecule has 11 heavy (non-hydrogen) atoms. The molecule has 0 atom stereocenters. The Balaban J connectivity index is 2.27. The van der Waals surface area contributed by atoms with Crippen LogP contribution in [0.15, 0.2) is 34.8 Å². The van der Waals surface area contributed by atoms with Crippen LogP contribution in [0, 0.1) is 0 Å². The second kappa shape index (κ2) is 3.55. The lowest BCUT2D eigenvalue weighted by Crippen LogP contribution is -1.81. The Morgan fingerprint density at radius 2 is 2.09 bits per heavy atom. The molecular formula is C9H10S2. The Bertz CT molecular complexity index is 212. The monoisotopic (exact) mass is 182 g/mol. The fourth-order valence-corrected chi connectivity index (χ4v) is 3.47. The van der Waals surface area contributed by atoms with Crippen molar-refractivity contribution in [1.29, 1.82) is 0 Å². The molecule has 0 unspecified atom stereocenters. The van der Waals surface area contributed by atoms with Crippen LogP contribution in [0.4, 0.5) is 0 Å². The van der Waals surface area contributed by atoms with Gasteiger partial charge in [-0.3, -0.25) is 0 Å². The van der Waals surface area contributed by atoms with Gasteiger partial charge in [-0.15, -0.1) is 0 Å². The first kappa shape index (κ1) is 7.56. The summed E-state index contributed by atoms with van der Waals surface area (Å²) in [6, 6.07) is 0. The van der Waals surface area contributed by atoms with Gasteiger partial charge in [0.2, 0.25) is 0 Å². The molecule has 0 spiro atoms. The molecule has 1 aliphatic heterocycles. The van der Waals surface area contributed by atoms with E-state index >= 15 is 0 Å². The highest BCUT2D eigenvalue weighted by Gasteiger charge is 2.09. The van der Waals surface area contributed by atoms with Gasteiger partial charge < -0.3 is 0 Å². The molecule has 1 heterocycles. The third-order valence-electron chi connectivity index (χ3n) is 1.80. The quantitative estimate of drug-likeness (QED) is 0.525.